The van der Waals surface area contributed by atoms with Crippen LogP contribution in [0.3, 0.4) is 0 Å². The van der Waals surface area contributed by atoms with Crippen LogP contribution >= 0.6 is 15.9 Å². The van der Waals surface area contributed by atoms with Crippen LogP contribution in [0.15, 0.2) is 46.0 Å². The maximum Gasteiger partial charge on any atom is 0.277 e. The number of ether oxygens (including phenoxy) is 3. The van der Waals surface area contributed by atoms with Gasteiger partial charge < -0.3 is 14.2 Å². The monoisotopic (exact) mass is 406 g/mol. The third-order valence-electron chi connectivity index (χ3n) is 3.31. The fourth-order valence-corrected chi connectivity index (χ4v) is 2.54. The van der Waals surface area contributed by atoms with Gasteiger partial charge in [0.25, 0.3) is 5.91 Å². The van der Waals surface area contributed by atoms with Crippen LogP contribution in [0.5, 0.6) is 17.2 Å². The number of benzene rings is 2. The molecule has 25 heavy (non-hydrogen) atoms. The van der Waals surface area contributed by atoms with Crippen LogP contribution in [0.2, 0.25) is 0 Å². The molecule has 2 aromatic rings. The van der Waals surface area contributed by atoms with E-state index in [0.717, 1.165) is 15.6 Å². The molecule has 0 unspecified atom stereocenters. The van der Waals surface area contributed by atoms with Crippen LogP contribution in [0.25, 0.3) is 0 Å². The molecule has 0 aromatic heterocycles. The molecule has 2 aromatic carbocycles. The van der Waals surface area contributed by atoms with Gasteiger partial charge in [0.2, 0.25) is 0 Å². The SMILES string of the molecule is COc1ccc(/C=N/NC(=O)COc2ccc(Br)cc2C)cc1OC. The number of carbonyl (C=O) groups is 1. The highest BCUT2D eigenvalue weighted by atomic mass is 79.9. The molecule has 0 saturated carbocycles. The molecule has 0 radical (unpaired) electrons. The van der Waals surface area contributed by atoms with Crippen molar-refractivity contribution in [2.24, 2.45) is 5.10 Å². The Bertz CT molecular complexity index is 778. The predicted octanol–water partition coefficient (Wildman–Crippen LogP) is 3.30. The van der Waals surface area contributed by atoms with Crippen molar-refractivity contribution in [2.75, 3.05) is 20.8 Å². The highest BCUT2D eigenvalue weighted by Gasteiger charge is 2.05. The Morgan fingerprint density at radius 3 is 2.52 bits per heavy atom. The number of hydrazone groups is 1. The minimum atomic E-state index is -0.348. The zero-order valence-corrected chi connectivity index (χ0v) is 15.8. The molecule has 0 saturated heterocycles. The molecule has 0 fully saturated rings. The van der Waals surface area contributed by atoms with Crippen molar-refractivity contribution in [3.8, 4) is 17.2 Å². The van der Waals surface area contributed by atoms with E-state index in [1.54, 1.807) is 38.5 Å². The summed E-state index contributed by atoms with van der Waals surface area (Å²) >= 11 is 3.38. The van der Waals surface area contributed by atoms with E-state index >= 15 is 0 Å². The van der Waals surface area contributed by atoms with Crippen molar-refractivity contribution in [1.82, 2.24) is 5.43 Å². The first kappa shape index (κ1) is 18.8. The highest BCUT2D eigenvalue weighted by Crippen LogP contribution is 2.26. The van der Waals surface area contributed by atoms with Crippen LogP contribution in [-0.2, 0) is 4.79 Å². The van der Waals surface area contributed by atoms with Gasteiger partial charge in [-0.25, -0.2) is 5.43 Å². The quantitative estimate of drug-likeness (QED) is 0.565. The Labute approximate surface area is 154 Å². The number of hydrogen-bond acceptors (Lipinski definition) is 5. The largest absolute Gasteiger partial charge is 0.493 e. The summed E-state index contributed by atoms with van der Waals surface area (Å²) in [5.41, 5.74) is 4.13. The molecule has 0 bridgehead atoms. The summed E-state index contributed by atoms with van der Waals surface area (Å²) in [7, 11) is 3.13. The van der Waals surface area contributed by atoms with E-state index in [1.807, 2.05) is 19.1 Å². The second-order valence-corrected chi connectivity index (χ2v) is 6.02. The van der Waals surface area contributed by atoms with Crippen molar-refractivity contribution < 1.29 is 19.0 Å². The highest BCUT2D eigenvalue weighted by molar-refractivity contribution is 9.10. The smallest absolute Gasteiger partial charge is 0.277 e. The molecule has 132 valence electrons. The van der Waals surface area contributed by atoms with Crippen molar-refractivity contribution in [3.63, 3.8) is 0 Å². The molecule has 0 aliphatic heterocycles. The van der Waals surface area contributed by atoms with Gasteiger partial charge >= 0.3 is 0 Å². The number of carbonyl (C=O) groups excluding carboxylic acids is 1. The minimum Gasteiger partial charge on any atom is -0.493 e. The molecular formula is C18H19BrN2O4. The van der Waals surface area contributed by atoms with Gasteiger partial charge in [-0.1, -0.05) is 15.9 Å². The summed E-state index contributed by atoms with van der Waals surface area (Å²) in [6, 6.07) is 10.9. The molecule has 2 rings (SSSR count). The topological polar surface area (TPSA) is 69.2 Å². The van der Waals surface area contributed by atoms with Crippen LogP contribution in [-0.4, -0.2) is 32.9 Å². The van der Waals surface area contributed by atoms with Crippen LogP contribution in [0.4, 0.5) is 0 Å². The summed E-state index contributed by atoms with van der Waals surface area (Å²) in [6.45, 7) is 1.79. The Hall–Kier alpha value is -2.54. The number of rotatable bonds is 7. The van der Waals surface area contributed by atoms with Crippen molar-refractivity contribution in [3.05, 3.63) is 52.0 Å². The summed E-state index contributed by atoms with van der Waals surface area (Å²) in [6.07, 6.45) is 1.52. The maximum absolute atomic E-state index is 11.8. The standard InChI is InChI=1S/C18H19BrN2O4/c1-12-8-14(19)5-7-15(12)25-11-18(22)21-20-10-13-4-6-16(23-2)17(9-13)24-3/h4-10H,11H2,1-3H3,(H,21,22)/b20-10+. The number of hydrogen-bond donors (Lipinski definition) is 1. The first-order valence-corrected chi connectivity index (χ1v) is 8.25. The van der Waals surface area contributed by atoms with E-state index in [9.17, 15) is 4.79 Å². The zero-order valence-electron chi connectivity index (χ0n) is 14.2. The normalized spacial score (nSPS) is 10.6. The minimum absolute atomic E-state index is 0.119. The van der Waals surface area contributed by atoms with Crippen molar-refractivity contribution in [2.45, 2.75) is 6.92 Å². The van der Waals surface area contributed by atoms with Crippen LogP contribution in [0, 0.1) is 6.92 Å². The van der Waals surface area contributed by atoms with Gasteiger partial charge in [-0.3, -0.25) is 4.79 Å². The predicted molar refractivity (Wildman–Crippen MR) is 99.7 cm³/mol. The molecule has 1 N–H and O–H groups in total. The maximum atomic E-state index is 11.8. The van der Waals surface area contributed by atoms with Gasteiger partial charge in [-0.2, -0.15) is 5.10 Å². The number of nitrogens with one attached hydrogen (secondary N) is 1. The second kappa shape index (κ2) is 9.08. The average Bonchev–Trinajstić information content (AvgIpc) is 2.60. The number of nitrogens with zero attached hydrogens (tertiary/aromatic N) is 1. The van der Waals surface area contributed by atoms with Gasteiger partial charge in [0.05, 0.1) is 20.4 Å². The lowest BCUT2D eigenvalue weighted by molar-refractivity contribution is -0.123. The van der Waals surface area contributed by atoms with E-state index in [-0.39, 0.29) is 12.5 Å². The fraction of sp³-hybridized carbons (Fsp3) is 0.222. The first-order valence-electron chi connectivity index (χ1n) is 7.46. The molecule has 0 heterocycles. The van der Waals surface area contributed by atoms with Gasteiger partial charge in [-0.15, -0.1) is 0 Å². The Morgan fingerprint density at radius 1 is 1.12 bits per heavy atom. The van der Waals surface area contributed by atoms with E-state index in [0.29, 0.717) is 17.2 Å². The molecular weight excluding hydrogens is 388 g/mol. The first-order chi connectivity index (χ1) is 12.0. The fourth-order valence-electron chi connectivity index (χ4n) is 2.06. The molecule has 0 aliphatic rings. The zero-order chi connectivity index (χ0) is 18.2. The Morgan fingerprint density at radius 2 is 1.84 bits per heavy atom. The lowest BCUT2D eigenvalue weighted by Crippen LogP contribution is -2.24. The Kier molecular flexibility index (Phi) is 6.82. The van der Waals surface area contributed by atoms with E-state index in [1.165, 1.54) is 6.21 Å². The lowest BCUT2D eigenvalue weighted by atomic mass is 10.2. The summed E-state index contributed by atoms with van der Waals surface area (Å²) in [4.78, 5) is 11.8. The molecule has 0 spiro atoms. The van der Waals surface area contributed by atoms with Gasteiger partial charge in [-0.05, 0) is 54.4 Å². The lowest BCUT2D eigenvalue weighted by Gasteiger charge is -2.08. The second-order valence-electron chi connectivity index (χ2n) is 5.11. The molecule has 0 aliphatic carbocycles. The van der Waals surface area contributed by atoms with Crippen LogP contribution < -0.4 is 19.6 Å². The van der Waals surface area contributed by atoms with Gasteiger partial charge in [0.15, 0.2) is 18.1 Å². The molecule has 6 nitrogen and oxygen atoms in total. The van der Waals surface area contributed by atoms with E-state index in [4.69, 9.17) is 14.2 Å². The summed E-state index contributed by atoms with van der Waals surface area (Å²) in [5, 5.41) is 3.91. The third-order valence-corrected chi connectivity index (χ3v) is 3.80. The molecule has 1 amide bonds. The van der Waals surface area contributed by atoms with E-state index in [2.05, 4.69) is 26.5 Å². The molecule has 7 heteroatoms. The number of halogens is 1. The third kappa shape index (κ3) is 5.49. The van der Waals surface area contributed by atoms with Crippen molar-refractivity contribution in [1.29, 1.82) is 0 Å². The van der Waals surface area contributed by atoms with Gasteiger partial charge in [0.1, 0.15) is 5.75 Å². The summed E-state index contributed by atoms with van der Waals surface area (Å²) < 4.78 is 16.8. The summed E-state index contributed by atoms with van der Waals surface area (Å²) in [5.74, 6) is 1.52. The number of aryl methyl sites for hydroxylation is 1. The van der Waals surface area contributed by atoms with E-state index < -0.39 is 0 Å². The molecule has 0 atom stereocenters. The number of methoxy groups -OCH3 is 2. The van der Waals surface area contributed by atoms with Gasteiger partial charge in [0, 0.05) is 4.47 Å². The van der Waals surface area contributed by atoms with Crippen LogP contribution in [0.1, 0.15) is 11.1 Å². The number of amides is 1. The Balaban J connectivity index is 1.88. The average molecular weight is 407 g/mol. The van der Waals surface area contributed by atoms with Crippen molar-refractivity contribution >= 4 is 28.1 Å².